The molecule has 2 aromatic carbocycles. The molecule has 9 nitrogen and oxygen atoms in total. The zero-order valence-corrected chi connectivity index (χ0v) is 17.9. The summed E-state index contributed by atoms with van der Waals surface area (Å²) in [4.78, 5) is 40.2. The highest BCUT2D eigenvalue weighted by molar-refractivity contribution is 7.14. The van der Waals surface area contributed by atoms with E-state index in [1.54, 1.807) is 24.3 Å². The molecule has 0 bridgehead atoms. The SMILES string of the molecule is COc1ccc(NC(C)=O)cc1NC(=O)c1csc(NC(=O)Nc2cccc(C)c2)n1. The first kappa shape index (κ1) is 21.8. The number of aromatic nitrogens is 1. The fourth-order valence-electron chi connectivity index (χ4n) is 2.69. The number of anilines is 4. The minimum Gasteiger partial charge on any atom is -0.495 e. The highest BCUT2D eigenvalue weighted by atomic mass is 32.1. The molecular weight excluding hydrogens is 418 g/mol. The van der Waals surface area contributed by atoms with Gasteiger partial charge in [0.05, 0.1) is 12.8 Å². The van der Waals surface area contributed by atoms with Gasteiger partial charge in [0.15, 0.2) is 5.13 Å². The molecule has 0 aliphatic rings. The van der Waals surface area contributed by atoms with E-state index in [0.717, 1.165) is 16.9 Å². The van der Waals surface area contributed by atoms with E-state index in [1.165, 1.54) is 19.4 Å². The summed E-state index contributed by atoms with van der Waals surface area (Å²) in [5.41, 5.74) is 2.68. The first-order chi connectivity index (χ1) is 14.8. The molecule has 1 aromatic heterocycles. The maximum atomic E-state index is 12.6. The number of carbonyl (C=O) groups is 3. The van der Waals surface area contributed by atoms with E-state index < -0.39 is 11.9 Å². The number of hydrogen-bond acceptors (Lipinski definition) is 6. The molecule has 4 amide bonds. The maximum absolute atomic E-state index is 12.6. The number of nitrogens with one attached hydrogen (secondary N) is 4. The molecular formula is C21H21N5O4S. The van der Waals surface area contributed by atoms with E-state index in [9.17, 15) is 14.4 Å². The summed E-state index contributed by atoms with van der Waals surface area (Å²) in [5, 5.41) is 12.5. The number of urea groups is 1. The van der Waals surface area contributed by atoms with Crippen molar-refractivity contribution >= 4 is 51.4 Å². The van der Waals surface area contributed by atoms with Crippen LogP contribution in [-0.4, -0.2) is 29.9 Å². The molecule has 0 saturated heterocycles. The molecule has 0 unspecified atom stereocenters. The Hall–Kier alpha value is -3.92. The molecule has 10 heteroatoms. The first-order valence-electron chi connectivity index (χ1n) is 9.21. The fourth-order valence-corrected chi connectivity index (χ4v) is 3.38. The van der Waals surface area contributed by atoms with Crippen molar-refractivity contribution in [2.45, 2.75) is 13.8 Å². The maximum Gasteiger partial charge on any atom is 0.325 e. The number of hydrogen-bond donors (Lipinski definition) is 4. The monoisotopic (exact) mass is 439 g/mol. The van der Waals surface area contributed by atoms with Crippen molar-refractivity contribution in [1.29, 1.82) is 0 Å². The molecule has 0 spiro atoms. The number of thiazole rings is 1. The van der Waals surface area contributed by atoms with Gasteiger partial charge in [0, 0.05) is 23.7 Å². The summed E-state index contributed by atoms with van der Waals surface area (Å²) in [6.45, 7) is 3.32. The third-order valence-corrected chi connectivity index (χ3v) is 4.76. The zero-order valence-electron chi connectivity index (χ0n) is 17.1. The van der Waals surface area contributed by atoms with Gasteiger partial charge in [0.1, 0.15) is 11.4 Å². The van der Waals surface area contributed by atoms with E-state index in [0.29, 0.717) is 22.8 Å². The van der Waals surface area contributed by atoms with Crippen LogP contribution in [0, 0.1) is 6.92 Å². The molecule has 0 radical (unpaired) electrons. The fraction of sp³-hybridized carbons (Fsp3) is 0.143. The van der Waals surface area contributed by atoms with Crippen LogP contribution >= 0.6 is 11.3 Å². The number of aryl methyl sites for hydroxylation is 1. The minimum absolute atomic E-state index is 0.128. The highest BCUT2D eigenvalue weighted by Crippen LogP contribution is 2.28. The summed E-state index contributed by atoms with van der Waals surface area (Å²) >= 11 is 1.12. The smallest absolute Gasteiger partial charge is 0.325 e. The van der Waals surface area contributed by atoms with Gasteiger partial charge >= 0.3 is 6.03 Å². The number of nitrogens with zero attached hydrogens (tertiary/aromatic N) is 1. The van der Waals surface area contributed by atoms with Crippen molar-refractivity contribution in [3.63, 3.8) is 0 Å². The van der Waals surface area contributed by atoms with Gasteiger partial charge in [-0.1, -0.05) is 12.1 Å². The van der Waals surface area contributed by atoms with Crippen molar-refractivity contribution in [3.05, 3.63) is 59.1 Å². The molecule has 31 heavy (non-hydrogen) atoms. The van der Waals surface area contributed by atoms with Crippen LogP contribution < -0.4 is 26.0 Å². The Kier molecular flexibility index (Phi) is 6.83. The standard InChI is InChI=1S/C21H21N5O4S/c1-12-5-4-6-14(9-12)23-20(29)26-21-25-17(11-31-21)19(28)24-16-10-15(22-13(2)27)7-8-18(16)30-3/h4-11H,1-3H3,(H,22,27)(H,24,28)(H2,23,25,26,29). The average Bonchev–Trinajstić information content (AvgIpc) is 3.16. The van der Waals surface area contributed by atoms with Gasteiger partial charge in [0.25, 0.3) is 5.91 Å². The Labute approximate surface area is 182 Å². The molecule has 0 aliphatic heterocycles. The molecule has 0 atom stereocenters. The van der Waals surface area contributed by atoms with Crippen molar-refractivity contribution in [1.82, 2.24) is 4.98 Å². The Morgan fingerprint density at radius 1 is 0.968 bits per heavy atom. The second kappa shape index (κ2) is 9.72. The Bertz CT molecular complexity index is 1130. The second-order valence-corrected chi connectivity index (χ2v) is 7.39. The second-order valence-electron chi connectivity index (χ2n) is 6.54. The number of amides is 4. The molecule has 1 heterocycles. The van der Waals surface area contributed by atoms with Crippen molar-refractivity contribution < 1.29 is 19.1 Å². The lowest BCUT2D eigenvalue weighted by atomic mass is 10.2. The van der Waals surface area contributed by atoms with Crippen LogP contribution in [0.25, 0.3) is 0 Å². The molecule has 3 rings (SSSR count). The van der Waals surface area contributed by atoms with Gasteiger partial charge in [-0.2, -0.15) is 0 Å². The van der Waals surface area contributed by atoms with E-state index >= 15 is 0 Å². The quantitative estimate of drug-likeness (QED) is 0.456. The topological polar surface area (TPSA) is 121 Å². The number of ether oxygens (including phenoxy) is 1. The molecule has 3 aromatic rings. The van der Waals surface area contributed by atoms with Gasteiger partial charge in [-0.15, -0.1) is 11.3 Å². The normalized spacial score (nSPS) is 10.2. The van der Waals surface area contributed by atoms with Gasteiger partial charge in [-0.05, 0) is 42.8 Å². The lowest BCUT2D eigenvalue weighted by Gasteiger charge is -2.11. The van der Waals surface area contributed by atoms with Gasteiger partial charge in [-0.3, -0.25) is 14.9 Å². The van der Waals surface area contributed by atoms with E-state index in [4.69, 9.17) is 4.74 Å². The summed E-state index contributed by atoms with van der Waals surface area (Å²) in [5.74, 6) is -0.295. The van der Waals surface area contributed by atoms with Crippen LogP contribution in [0.5, 0.6) is 5.75 Å². The van der Waals surface area contributed by atoms with E-state index in [1.807, 2.05) is 25.1 Å². The van der Waals surface area contributed by atoms with Crippen LogP contribution in [0.2, 0.25) is 0 Å². The van der Waals surface area contributed by atoms with Gasteiger partial charge in [-0.25, -0.2) is 9.78 Å². The van der Waals surface area contributed by atoms with Crippen LogP contribution in [-0.2, 0) is 4.79 Å². The third-order valence-electron chi connectivity index (χ3n) is 4.00. The van der Waals surface area contributed by atoms with Crippen LogP contribution in [0.1, 0.15) is 23.0 Å². The molecule has 0 saturated carbocycles. The van der Waals surface area contributed by atoms with Crippen LogP contribution in [0.4, 0.5) is 27.0 Å². The van der Waals surface area contributed by atoms with Gasteiger partial charge in [0.2, 0.25) is 5.91 Å². The lowest BCUT2D eigenvalue weighted by Crippen LogP contribution is -2.19. The van der Waals surface area contributed by atoms with Crippen LogP contribution in [0.15, 0.2) is 47.8 Å². The van der Waals surface area contributed by atoms with Crippen molar-refractivity contribution in [3.8, 4) is 5.75 Å². The molecule has 0 fully saturated rings. The van der Waals surface area contributed by atoms with Gasteiger partial charge < -0.3 is 20.7 Å². The molecule has 160 valence electrons. The summed E-state index contributed by atoms with van der Waals surface area (Å²) in [6, 6.07) is 11.8. The summed E-state index contributed by atoms with van der Waals surface area (Å²) in [7, 11) is 1.47. The molecule has 0 aliphatic carbocycles. The minimum atomic E-state index is -0.485. The molecule has 4 N–H and O–H groups in total. The Morgan fingerprint density at radius 3 is 2.45 bits per heavy atom. The largest absolute Gasteiger partial charge is 0.495 e. The predicted octanol–water partition coefficient (Wildman–Crippen LogP) is 4.31. The highest BCUT2D eigenvalue weighted by Gasteiger charge is 2.15. The zero-order chi connectivity index (χ0) is 22.4. The number of rotatable bonds is 6. The first-order valence-corrected chi connectivity index (χ1v) is 10.1. The Balaban J connectivity index is 1.66. The lowest BCUT2D eigenvalue weighted by molar-refractivity contribution is -0.114. The average molecular weight is 439 g/mol. The van der Waals surface area contributed by atoms with Crippen molar-refractivity contribution in [2.24, 2.45) is 0 Å². The van der Waals surface area contributed by atoms with Crippen molar-refractivity contribution in [2.75, 3.05) is 28.4 Å². The predicted molar refractivity (Wildman–Crippen MR) is 121 cm³/mol. The van der Waals surface area contributed by atoms with E-state index in [-0.39, 0.29) is 16.7 Å². The third kappa shape index (κ3) is 6.03. The summed E-state index contributed by atoms with van der Waals surface area (Å²) in [6.07, 6.45) is 0. The van der Waals surface area contributed by atoms with Crippen LogP contribution in [0.3, 0.4) is 0 Å². The van der Waals surface area contributed by atoms with E-state index in [2.05, 4.69) is 26.3 Å². The summed E-state index contributed by atoms with van der Waals surface area (Å²) < 4.78 is 5.25. The number of benzene rings is 2. The number of methoxy groups -OCH3 is 1. The Morgan fingerprint density at radius 2 is 1.74 bits per heavy atom. The number of carbonyl (C=O) groups excluding carboxylic acids is 3.